The molecule has 1 fully saturated rings. The van der Waals surface area contributed by atoms with Crippen LogP contribution in [0.2, 0.25) is 0 Å². The molecule has 102 valence electrons. The van der Waals surface area contributed by atoms with Crippen LogP contribution < -0.4 is 5.32 Å². The molecule has 1 aromatic rings. The number of nitrogens with one attached hydrogen (secondary N) is 1. The van der Waals surface area contributed by atoms with Gasteiger partial charge in [-0.2, -0.15) is 0 Å². The van der Waals surface area contributed by atoms with Gasteiger partial charge in [-0.25, -0.2) is 8.78 Å². The first-order valence-electron chi connectivity index (χ1n) is 6.38. The zero-order valence-corrected chi connectivity index (χ0v) is 11.1. The Morgan fingerprint density at radius 3 is 2.72 bits per heavy atom. The highest BCUT2D eigenvalue weighted by Gasteiger charge is 2.32. The van der Waals surface area contributed by atoms with Crippen LogP contribution in [0.15, 0.2) is 17.5 Å². The minimum Gasteiger partial charge on any atom is -0.390 e. The van der Waals surface area contributed by atoms with Crippen LogP contribution in [0.3, 0.4) is 0 Å². The van der Waals surface area contributed by atoms with Gasteiger partial charge in [0.25, 0.3) is 5.92 Å². The van der Waals surface area contributed by atoms with E-state index >= 15 is 0 Å². The lowest BCUT2D eigenvalue weighted by atomic mass is 9.96. The summed E-state index contributed by atoms with van der Waals surface area (Å²) in [6, 6.07) is 3.95. The summed E-state index contributed by atoms with van der Waals surface area (Å²) >= 11 is 1.61. The van der Waals surface area contributed by atoms with Crippen LogP contribution in [-0.2, 0) is 0 Å². The average molecular weight is 275 g/mol. The summed E-state index contributed by atoms with van der Waals surface area (Å²) in [5.41, 5.74) is 0. The third-order valence-corrected chi connectivity index (χ3v) is 4.49. The fraction of sp³-hybridized carbons (Fsp3) is 0.692. The molecule has 0 bridgehead atoms. The molecule has 1 aromatic heterocycles. The topological polar surface area (TPSA) is 32.3 Å². The van der Waals surface area contributed by atoms with Crippen molar-refractivity contribution in [3.8, 4) is 0 Å². The smallest absolute Gasteiger partial charge is 0.282 e. The van der Waals surface area contributed by atoms with Crippen molar-refractivity contribution in [3.63, 3.8) is 0 Å². The highest BCUT2D eigenvalue weighted by molar-refractivity contribution is 7.10. The predicted octanol–water partition coefficient (Wildman–Crippen LogP) is 3.20. The van der Waals surface area contributed by atoms with Gasteiger partial charge >= 0.3 is 0 Å². The molecule has 0 saturated heterocycles. The van der Waals surface area contributed by atoms with Crippen molar-refractivity contribution in [2.24, 2.45) is 5.92 Å². The minimum absolute atomic E-state index is 0.00456. The average Bonchev–Trinajstić information content (AvgIpc) is 3.01. The molecule has 2 rings (SSSR count). The van der Waals surface area contributed by atoms with E-state index < -0.39 is 19.1 Å². The summed E-state index contributed by atoms with van der Waals surface area (Å²) < 4.78 is 26.3. The Kier molecular flexibility index (Phi) is 4.70. The Balaban J connectivity index is 2.01. The molecule has 1 saturated carbocycles. The van der Waals surface area contributed by atoms with E-state index in [-0.39, 0.29) is 6.04 Å². The predicted molar refractivity (Wildman–Crippen MR) is 69.1 cm³/mol. The van der Waals surface area contributed by atoms with E-state index in [9.17, 15) is 8.78 Å². The Labute approximate surface area is 110 Å². The molecule has 0 radical (unpaired) electrons. The Morgan fingerprint density at radius 1 is 1.44 bits per heavy atom. The lowest BCUT2D eigenvalue weighted by Gasteiger charge is -2.26. The van der Waals surface area contributed by atoms with Crippen molar-refractivity contribution >= 4 is 11.3 Å². The largest absolute Gasteiger partial charge is 0.390 e. The number of halogens is 2. The Morgan fingerprint density at radius 2 is 2.17 bits per heavy atom. The summed E-state index contributed by atoms with van der Waals surface area (Å²) in [6.45, 7) is -1.55. The molecule has 0 amide bonds. The van der Waals surface area contributed by atoms with Gasteiger partial charge in [0.15, 0.2) is 0 Å². The molecule has 2 nitrogen and oxygen atoms in total. The van der Waals surface area contributed by atoms with Crippen molar-refractivity contribution in [3.05, 3.63) is 22.4 Å². The second kappa shape index (κ2) is 6.08. The quantitative estimate of drug-likeness (QED) is 0.835. The number of hydrogen-bond donors (Lipinski definition) is 2. The van der Waals surface area contributed by atoms with Crippen LogP contribution in [0.1, 0.15) is 36.6 Å². The van der Waals surface area contributed by atoms with E-state index in [0.717, 1.165) is 17.7 Å². The van der Waals surface area contributed by atoms with E-state index in [0.29, 0.717) is 5.92 Å². The summed E-state index contributed by atoms with van der Waals surface area (Å²) in [7, 11) is 0. The monoisotopic (exact) mass is 275 g/mol. The van der Waals surface area contributed by atoms with Crippen molar-refractivity contribution < 1.29 is 13.9 Å². The summed E-state index contributed by atoms with van der Waals surface area (Å²) in [5, 5.41) is 13.5. The van der Waals surface area contributed by atoms with Crippen LogP contribution in [0.4, 0.5) is 8.78 Å². The van der Waals surface area contributed by atoms with Crippen molar-refractivity contribution in [2.45, 2.75) is 37.6 Å². The van der Waals surface area contributed by atoms with E-state index in [1.807, 2.05) is 17.5 Å². The lowest BCUT2D eigenvalue weighted by molar-refractivity contribution is -0.0504. The highest BCUT2D eigenvalue weighted by atomic mass is 32.1. The summed E-state index contributed by atoms with van der Waals surface area (Å²) in [5.74, 6) is -2.59. The van der Waals surface area contributed by atoms with E-state index in [2.05, 4.69) is 5.32 Å². The molecule has 18 heavy (non-hydrogen) atoms. The first-order valence-corrected chi connectivity index (χ1v) is 7.26. The molecular formula is C13H19F2NOS. The molecular weight excluding hydrogens is 256 g/mol. The van der Waals surface area contributed by atoms with Crippen LogP contribution >= 0.6 is 11.3 Å². The number of aliphatic hydroxyl groups is 1. The lowest BCUT2D eigenvalue weighted by Crippen LogP contribution is -2.39. The molecule has 0 spiro atoms. The van der Waals surface area contributed by atoms with Gasteiger partial charge in [0.1, 0.15) is 6.61 Å². The first kappa shape index (κ1) is 13.9. The van der Waals surface area contributed by atoms with Crippen molar-refractivity contribution in [1.29, 1.82) is 0 Å². The van der Waals surface area contributed by atoms with Gasteiger partial charge in [0, 0.05) is 10.9 Å². The Hall–Kier alpha value is -0.520. The van der Waals surface area contributed by atoms with Crippen LogP contribution in [0, 0.1) is 5.92 Å². The molecule has 1 unspecified atom stereocenters. The molecule has 0 aromatic carbocycles. The summed E-state index contributed by atoms with van der Waals surface area (Å²) in [4.78, 5) is 1.12. The number of hydrogen-bond acceptors (Lipinski definition) is 3. The van der Waals surface area contributed by atoms with Crippen LogP contribution in [-0.4, -0.2) is 24.2 Å². The van der Waals surface area contributed by atoms with Gasteiger partial charge < -0.3 is 10.4 Å². The number of rotatable bonds is 6. The van der Waals surface area contributed by atoms with Gasteiger partial charge in [0.05, 0.1) is 6.54 Å². The zero-order valence-electron chi connectivity index (χ0n) is 10.2. The number of aliphatic hydroxyl groups excluding tert-OH is 1. The van der Waals surface area contributed by atoms with Gasteiger partial charge in [-0.05, 0) is 30.2 Å². The maximum atomic E-state index is 13.1. The maximum absolute atomic E-state index is 13.1. The maximum Gasteiger partial charge on any atom is 0.282 e. The van der Waals surface area contributed by atoms with Crippen LogP contribution in [0.25, 0.3) is 0 Å². The van der Waals surface area contributed by atoms with Gasteiger partial charge in [-0.15, -0.1) is 11.3 Å². The van der Waals surface area contributed by atoms with Crippen molar-refractivity contribution in [2.75, 3.05) is 13.2 Å². The third kappa shape index (κ3) is 3.49. The fourth-order valence-electron chi connectivity index (χ4n) is 2.57. The van der Waals surface area contributed by atoms with E-state index in [4.69, 9.17) is 5.11 Å². The zero-order chi connectivity index (χ0) is 13.0. The molecule has 0 aliphatic heterocycles. The number of thiophene rings is 1. The molecule has 1 atom stereocenters. The van der Waals surface area contributed by atoms with Crippen molar-refractivity contribution in [1.82, 2.24) is 5.32 Å². The molecule has 1 aliphatic rings. The molecule has 1 aliphatic carbocycles. The third-order valence-electron chi connectivity index (χ3n) is 3.53. The van der Waals surface area contributed by atoms with Gasteiger partial charge in [0.2, 0.25) is 0 Å². The van der Waals surface area contributed by atoms with Crippen LogP contribution in [0.5, 0.6) is 0 Å². The summed E-state index contributed by atoms with van der Waals surface area (Å²) in [6.07, 6.45) is 4.57. The molecule has 2 N–H and O–H groups in total. The Bertz CT molecular complexity index is 350. The standard InChI is InChI=1S/C13H19F2NOS/c14-13(15,9-17)8-16-12(10-4-1-2-5-10)11-6-3-7-18-11/h3,6-7,10,12,16-17H,1-2,4-5,8-9H2. The van der Waals surface area contributed by atoms with E-state index in [1.165, 1.54) is 12.8 Å². The first-order chi connectivity index (χ1) is 8.62. The van der Waals surface area contributed by atoms with Gasteiger partial charge in [-0.3, -0.25) is 0 Å². The second-order valence-electron chi connectivity index (χ2n) is 4.93. The minimum atomic E-state index is -3.03. The second-order valence-corrected chi connectivity index (χ2v) is 5.91. The normalized spacial score (nSPS) is 19.3. The SMILES string of the molecule is OCC(F)(F)CNC(c1cccs1)C1CCCC1. The van der Waals surface area contributed by atoms with Gasteiger partial charge in [-0.1, -0.05) is 18.9 Å². The fourth-order valence-corrected chi connectivity index (χ4v) is 3.47. The molecule has 1 heterocycles. The van der Waals surface area contributed by atoms with E-state index in [1.54, 1.807) is 11.3 Å². The number of alkyl halides is 2. The highest BCUT2D eigenvalue weighted by Crippen LogP contribution is 2.37. The molecule has 5 heteroatoms.